The second kappa shape index (κ2) is 9.61. The van der Waals surface area contributed by atoms with Crippen LogP contribution in [0.3, 0.4) is 0 Å². The maximum Gasteiger partial charge on any atom is 0.319 e. The van der Waals surface area contributed by atoms with E-state index < -0.39 is 10.0 Å². The van der Waals surface area contributed by atoms with Crippen LogP contribution in [-0.2, 0) is 10.0 Å². The number of carbonyl (C=O) groups excluding carboxylic acids is 1. The number of nitrogens with one attached hydrogen (secondary N) is 2. The molecule has 8 heteroatoms. The van der Waals surface area contributed by atoms with Gasteiger partial charge in [0.15, 0.2) is 0 Å². The largest absolute Gasteiger partial charge is 0.338 e. The van der Waals surface area contributed by atoms with Crippen LogP contribution in [0.1, 0.15) is 24.8 Å². The van der Waals surface area contributed by atoms with Crippen molar-refractivity contribution < 1.29 is 13.2 Å². The highest BCUT2D eigenvalue weighted by Crippen LogP contribution is 2.25. The van der Waals surface area contributed by atoms with Gasteiger partial charge in [0.1, 0.15) is 0 Å². The van der Waals surface area contributed by atoms with E-state index in [-0.39, 0.29) is 6.03 Å². The number of nitrogens with zero attached hydrogens (tertiary/aromatic N) is 1. The van der Waals surface area contributed by atoms with Crippen LogP contribution in [-0.4, -0.2) is 38.4 Å². The molecular weight excluding hydrogens is 410 g/mol. The summed E-state index contributed by atoms with van der Waals surface area (Å²) in [6.07, 6.45) is 2.41. The van der Waals surface area contributed by atoms with Gasteiger partial charge in [0.2, 0.25) is 10.0 Å². The van der Waals surface area contributed by atoms with Crippen molar-refractivity contribution in [1.29, 1.82) is 0 Å². The summed E-state index contributed by atoms with van der Waals surface area (Å²) in [6.45, 7) is 3.47. The molecule has 1 heterocycles. The Morgan fingerprint density at radius 3 is 2.48 bits per heavy atom. The molecule has 0 saturated carbocycles. The summed E-state index contributed by atoms with van der Waals surface area (Å²) in [5, 5.41) is 6.24. The van der Waals surface area contributed by atoms with Crippen molar-refractivity contribution in [3.63, 3.8) is 0 Å². The van der Waals surface area contributed by atoms with Crippen molar-refractivity contribution >= 4 is 33.3 Å². The third-order valence-corrected chi connectivity index (χ3v) is 7.54. The number of amides is 2. The van der Waals surface area contributed by atoms with Crippen LogP contribution >= 0.6 is 11.6 Å². The Morgan fingerprint density at radius 1 is 1.14 bits per heavy atom. The topological polar surface area (TPSA) is 78.5 Å². The van der Waals surface area contributed by atoms with Gasteiger partial charge in [-0.1, -0.05) is 35.9 Å². The van der Waals surface area contributed by atoms with Gasteiger partial charge < -0.3 is 10.6 Å². The summed E-state index contributed by atoms with van der Waals surface area (Å²) in [5.41, 5.74) is 1.61. The molecule has 156 valence electrons. The molecule has 3 rings (SSSR count). The van der Waals surface area contributed by atoms with E-state index in [1.165, 1.54) is 0 Å². The van der Waals surface area contributed by atoms with Crippen molar-refractivity contribution in [2.45, 2.75) is 31.1 Å². The Bertz CT molecular complexity index is 943. The summed E-state index contributed by atoms with van der Waals surface area (Å²) in [5.74, 6) is 0.395. The van der Waals surface area contributed by atoms with Gasteiger partial charge >= 0.3 is 6.03 Å². The fourth-order valence-corrected chi connectivity index (χ4v) is 5.09. The van der Waals surface area contributed by atoms with Crippen LogP contribution in [0.25, 0.3) is 0 Å². The molecule has 1 aliphatic rings. The quantitative estimate of drug-likeness (QED) is 0.711. The Hall–Kier alpha value is -2.09. The van der Waals surface area contributed by atoms with Gasteiger partial charge in [-0.3, -0.25) is 0 Å². The summed E-state index contributed by atoms with van der Waals surface area (Å²) in [6, 6.07) is 13.7. The highest BCUT2D eigenvalue weighted by molar-refractivity contribution is 7.89. The zero-order chi connectivity index (χ0) is 20.9. The zero-order valence-electron chi connectivity index (χ0n) is 16.4. The number of anilines is 1. The van der Waals surface area contributed by atoms with Crippen molar-refractivity contribution in [1.82, 2.24) is 9.62 Å². The molecule has 0 bridgehead atoms. The van der Waals surface area contributed by atoms with Gasteiger partial charge in [-0.15, -0.1) is 0 Å². The number of benzene rings is 2. The average molecular weight is 436 g/mol. The molecule has 2 aromatic carbocycles. The van der Waals surface area contributed by atoms with E-state index >= 15 is 0 Å². The number of piperidine rings is 1. The number of carbonyl (C=O) groups is 1. The summed E-state index contributed by atoms with van der Waals surface area (Å²) < 4.78 is 26.9. The number of hydrogen-bond donors (Lipinski definition) is 2. The molecule has 2 amide bonds. The van der Waals surface area contributed by atoms with Crippen molar-refractivity contribution in [3.05, 3.63) is 59.1 Å². The number of halogens is 1. The van der Waals surface area contributed by atoms with E-state index in [0.29, 0.717) is 41.2 Å². The Morgan fingerprint density at radius 2 is 1.83 bits per heavy atom. The number of hydrogen-bond acceptors (Lipinski definition) is 3. The predicted octanol–water partition coefficient (Wildman–Crippen LogP) is 4.26. The molecule has 0 spiro atoms. The summed E-state index contributed by atoms with van der Waals surface area (Å²) in [7, 11) is -3.42. The number of aryl methyl sites for hydroxylation is 1. The molecule has 1 saturated heterocycles. The maximum absolute atomic E-state index is 12.7. The Kier molecular flexibility index (Phi) is 7.16. The second-order valence-corrected chi connectivity index (χ2v) is 9.64. The molecule has 0 aliphatic carbocycles. The molecule has 0 aromatic heterocycles. The first-order chi connectivity index (χ1) is 13.9. The third-order valence-electron chi connectivity index (χ3n) is 5.22. The van der Waals surface area contributed by atoms with E-state index in [4.69, 9.17) is 11.6 Å². The van der Waals surface area contributed by atoms with Crippen LogP contribution in [0.5, 0.6) is 0 Å². The molecule has 0 atom stereocenters. The highest BCUT2D eigenvalue weighted by Gasteiger charge is 2.29. The Balaban J connectivity index is 1.41. The molecule has 2 aromatic rings. The van der Waals surface area contributed by atoms with Crippen molar-refractivity contribution in [2.24, 2.45) is 5.92 Å². The molecule has 0 radical (unpaired) electrons. The standard InChI is InChI=1S/C21H26ClN3O3S/c1-16-7-8-18(15-20(16)22)24-21(26)23-12-9-17-10-13-25(14-11-17)29(27,28)19-5-3-2-4-6-19/h2-8,15,17H,9-14H2,1H3,(H2,23,24,26). The van der Waals surface area contributed by atoms with Crippen molar-refractivity contribution in [3.8, 4) is 0 Å². The van der Waals surface area contributed by atoms with Gasteiger partial charge in [0.05, 0.1) is 4.90 Å². The van der Waals surface area contributed by atoms with Crippen LogP contribution in [0.2, 0.25) is 5.02 Å². The molecule has 6 nitrogen and oxygen atoms in total. The van der Waals surface area contributed by atoms with Gasteiger partial charge in [0.25, 0.3) is 0 Å². The second-order valence-electron chi connectivity index (χ2n) is 7.29. The fraction of sp³-hybridized carbons (Fsp3) is 0.381. The van der Waals surface area contributed by atoms with E-state index in [0.717, 1.165) is 24.8 Å². The number of urea groups is 1. The number of sulfonamides is 1. The molecule has 2 N–H and O–H groups in total. The van der Waals surface area contributed by atoms with Crippen LogP contribution in [0, 0.1) is 12.8 Å². The molecule has 1 fully saturated rings. The number of rotatable bonds is 6. The minimum absolute atomic E-state index is 0.269. The lowest BCUT2D eigenvalue weighted by atomic mass is 9.95. The summed E-state index contributed by atoms with van der Waals surface area (Å²) >= 11 is 6.07. The molecule has 1 aliphatic heterocycles. The first kappa shape index (κ1) is 21.6. The normalized spacial score (nSPS) is 15.8. The van der Waals surface area contributed by atoms with Gasteiger partial charge in [-0.05, 0) is 61.9 Å². The zero-order valence-corrected chi connectivity index (χ0v) is 18.0. The smallest absolute Gasteiger partial charge is 0.319 e. The van der Waals surface area contributed by atoms with Crippen LogP contribution in [0.15, 0.2) is 53.4 Å². The molecule has 29 heavy (non-hydrogen) atoms. The maximum atomic E-state index is 12.7. The SMILES string of the molecule is Cc1ccc(NC(=O)NCCC2CCN(S(=O)(=O)c3ccccc3)CC2)cc1Cl. The first-order valence-corrected chi connectivity index (χ1v) is 11.5. The highest BCUT2D eigenvalue weighted by atomic mass is 35.5. The van der Waals surface area contributed by atoms with E-state index in [1.807, 2.05) is 25.1 Å². The Labute approximate surface area is 177 Å². The van der Waals surface area contributed by atoms with Gasteiger partial charge in [-0.25, -0.2) is 13.2 Å². The lowest BCUT2D eigenvalue weighted by molar-refractivity contribution is 0.245. The monoisotopic (exact) mass is 435 g/mol. The summed E-state index contributed by atoms with van der Waals surface area (Å²) in [4.78, 5) is 12.4. The average Bonchev–Trinajstić information content (AvgIpc) is 2.72. The van der Waals surface area contributed by atoms with Crippen molar-refractivity contribution in [2.75, 3.05) is 25.0 Å². The van der Waals surface area contributed by atoms with Gasteiger partial charge in [0, 0.05) is 30.3 Å². The van der Waals surface area contributed by atoms with Gasteiger partial charge in [-0.2, -0.15) is 4.31 Å². The molecular formula is C21H26ClN3O3S. The predicted molar refractivity (Wildman–Crippen MR) is 116 cm³/mol. The fourth-order valence-electron chi connectivity index (χ4n) is 3.42. The molecule has 0 unspecified atom stereocenters. The minimum atomic E-state index is -3.42. The minimum Gasteiger partial charge on any atom is -0.338 e. The third kappa shape index (κ3) is 5.72. The van der Waals surface area contributed by atoms with Crippen LogP contribution < -0.4 is 10.6 Å². The lowest BCUT2D eigenvalue weighted by Gasteiger charge is -2.31. The lowest BCUT2D eigenvalue weighted by Crippen LogP contribution is -2.39. The first-order valence-electron chi connectivity index (χ1n) is 9.72. The van der Waals surface area contributed by atoms with Crippen LogP contribution in [0.4, 0.5) is 10.5 Å². The van der Waals surface area contributed by atoms with E-state index in [9.17, 15) is 13.2 Å². The van der Waals surface area contributed by atoms with E-state index in [1.54, 1.807) is 34.6 Å². The van der Waals surface area contributed by atoms with E-state index in [2.05, 4.69) is 10.6 Å².